The molecule has 4 rings (SSSR count). The van der Waals surface area contributed by atoms with Gasteiger partial charge in [0.1, 0.15) is 17.2 Å². The topological polar surface area (TPSA) is 146 Å². The first-order valence-electron chi connectivity index (χ1n) is 9.70. The van der Waals surface area contributed by atoms with Gasteiger partial charge in [-0.1, -0.05) is 0 Å². The van der Waals surface area contributed by atoms with Crippen LogP contribution < -0.4 is 11.0 Å². The highest BCUT2D eigenvalue weighted by Crippen LogP contribution is 2.24. The Morgan fingerprint density at radius 1 is 1.22 bits per heavy atom. The number of hydrogen-bond acceptors (Lipinski definition) is 6. The van der Waals surface area contributed by atoms with Gasteiger partial charge in [-0.2, -0.15) is 9.40 Å². The van der Waals surface area contributed by atoms with E-state index in [1.54, 1.807) is 44.2 Å². The number of aromatic amines is 2. The fourth-order valence-electron chi connectivity index (χ4n) is 3.52. The molecular formula is C20H22N6O5S. The lowest BCUT2D eigenvalue weighted by molar-refractivity contribution is -0.116. The van der Waals surface area contributed by atoms with Crippen molar-refractivity contribution < 1.29 is 17.6 Å². The van der Waals surface area contributed by atoms with Crippen LogP contribution >= 0.6 is 0 Å². The van der Waals surface area contributed by atoms with Gasteiger partial charge in [0, 0.05) is 12.7 Å². The fourth-order valence-corrected chi connectivity index (χ4v) is 5.02. The summed E-state index contributed by atoms with van der Waals surface area (Å²) in [5, 5.41) is 7.00. The van der Waals surface area contributed by atoms with E-state index >= 15 is 0 Å². The molecule has 0 saturated carbocycles. The molecule has 3 aromatic heterocycles. The number of nitrogens with zero attached hydrogens (tertiary/aromatic N) is 3. The molecule has 0 bridgehead atoms. The number of benzene rings is 1. The Kier molecular flexibility index (Phi) is 5.48. The normalized spacial score (nSPS) is 12.0. The fraction of sp³-hybridized carbons (Fsp3) is 0.250. The van der Waals surface area contributed by atoms with Gasteiger partial charge in [-0.05, 0) is 44.2 Å². The van der Waals surface area contributed by atoms with Crippen molar-refractivity contribution in [1.29, 1.82) is 0 Å². The van der Waals surface area contributed by atoms with E-state index in [4.69, 9.17) is 4.42 Å². The Labute approximate surface area is 183 Å². The number of aryl methyl sites for hydroxylation is 1. The van der Waals surface area contributed by atoms with E-state index < -0.39 is 10.0 Å². The van der Waals surface area contributed by atoms with Gasteiger partial charge in [0.2, 0.25) is 15.9 Å². The number of furan rings is 1. The molecule has 0 atom stereocenters. The number of fused-ring (bicyclic) bond motifs is 1. The molecule has 168 valence electrons. The van der Waals surface area contributed by atoms with E-state index in [0.29, 0.717) is 33.9 Å². The van der Waals surface area contributed by atoms with Crippen LogP contribution in [0.4, 0.5) is 5.69 Å². The largest absolute Gasteiger partial charge is 0.468 e. The molecule has 1 amide bonds. The van der Waals surface area contributed by atoms with Gasteiger partial charge in [0.05, 0.1) is 35.2 Å². The minimum absolute atomic E-state index is 0.0608. The number of rotatable bonds is 7. The Balaban J connectivity index is 1.52. The predicted octanol–water partition coefficient (Wildman–Crippen LogP) is 1.72. The second-order valence-electron chi connectivity index (χ2n) is 7.39. The van der Waals surface area contributed by atoms with Gasteiger partial charge in [-0.15, -0.1) is 0 Å². The van der Waals surface area contributed by atoms with Gasteiger partial charge in [-0.3, -0.25) is 9.48 Å². The van der Waals surface area contributed by atoms with E-state index in [0.717, 1.165) is 0 Å². The Morgan fingerprint density at radius 3 is 2.69 bits per heavy atom. The SMILES string of the molecule is Cc1nn(CC(=O)Nc2ccc3[nH]c(=O)[nH]c3c2)c(C)c1S(=O)(=O)N(C)Cc1ccco1. The number of aromatic nitrogens is 4. The quantitative estimate of drug-likeness (QED) is 0.384. The van der Waals surface area contributed by atoms with Gasteiger partial charge in [-0.25, -0.2) is 13.2 Å². The molecule has 0 saturated heterocycles. The Hall–Kier alpha value is -3.64. The van der Waals surface area contributed by atoms with Gasteiger partial charge in [0.15, 0.2) is 0 Å². The maximum Gasteiger partial charge on any atom is 0.323 e. The van der Waals surface area contributed by atoms with Gasteiger partial charge >= 0.3 is 5.69 Å². The number of sulfonamides is 1. The number of amides is 1. The van der Waals surface area contributed by atoms with Crippen LogP contribution in [0, 0.1) is 13.8 Å². The van der Waals surface area contributed by atoms with Crippen molar-refractivity contribution in [2.75, 3.05) is 12.4 Å². The summed E-state index contributed by atoms with van der Waals surface area (Å²) in [5.41, 5.74) is 2.00. The summed E-state index contributed by atoms with van der Waals surface area (Å²) in [7, 11) is -2.39. The van der Waals surface area contributed by atoms with E-state index in [1.807, 2.05) is 0 Å². The molecule has 1 aromatic carbocycles. The maximum absolute atomic E-state index is 13.1. The highest BCUT2D eigenvalue weighted by Gasteiger charge is 2.29. The van der Waals surface area contributed by atoms with Crippen LogP contribution in [0.15, 0.2) is 50.7 Å². The van der Waals surface area contributed by atoms with Crippen molar-refractivity contribution in [1.82, 2.24) is 24.1 Å². The second-order valence-corrected chi connectivity index (χ2v) is 9.37. The van der Waals surface area contributed by atoms with Crippen LogP contribution in [0.5, 0.6) is 0 Å². The van der Waals surface area contributed by atoms with Crippen LogP contribution in [-0.4, -0.2) is 45.4 Å². The van der Waals surface area contributed by atoms with Gasteiger partial charge in [0.25, 0.3) is 0 Å². The van der Waals surface area contributed by atoms with Crippen LogP contribution in [0.1, 0.15) is 17.1 Å². The zero-order valence-electron chi connectivity index (χ0n) is 17.7. The zero-order valence-corrected chi connectivity index (χ0v) is 18.5. The monoisotopic (exact) mass is 458 g/mol. The smallest absolute Gasteiger partial charge is 0.323 e. The summed E-state index contributed by atoms with van der Waals surface area (Å²) < 4.78 is 34.0. The van der Waals surface area contributed by atoms with E-state index in [1.165, 1.54) is 22.3 Å². The van der Waals surface area contributed by atoms with Crippen molar-refractivity contribution in [3.63, 3.8) is 0 Å². The molecule has 4 aromatic rings. The molecule has 12 heteroatoms. The predicted molar refractivity (Wildman–Crippen MR) is 117 cm³/mol. The van der Waals surface area contributed by atoms with Crippen molar-refractivity contribution in [2.45, 2.75) is 31.8 Å². The molecule has 0 unspecified atom stereocenters. The number of imidazole rings is 1. The number of hydrogen-bond donors (Lipinski definition) is 3. The number of H-pyrrole nitrogens is 2. The summed E-state index contributed by atoms with van der Waals surface area (Å²) in [6.07, 6.45) is 1.48. The lowest BCUT2D eigenvalue weighted by Gasteiger charge is -2.16. The molecular weight excluding hydrogens is 436 g/mol. The third-order valence-electron chi connectivity index (χ3n) is 5.04. The first-order valence-corrected chi connectivity index (χ1v) is 11.1. The molecule has 3 heterocycles. The van der Waals surface area contributed by atoms with Crippen molar-refractivity contribution in [3.05, 3.63) is 64.2 Å². The molecule has 0 fully saturated rings. The standard InChI is InChI=1S/C20H22N6O5S/c1-12-19(32(29,30)25(3)10-15-5-4-8-31-15)13(2)26(24-12)11-18(27)21-14-6-7-16-17(9-14)23-20(28)22-16/h4-9H,10-11H2,1-3H3,(H,21,27)(H2,22,23,28). The second kappa shape index (κ2) is 8.13. The zero-order chi connectivity index (χ0) is 23.0. The molecule has 32 heavy (non-hydrogen) atoms. The van der Waals surface area contributed by atoms with E-state index in [9.17, 15) is 18.0 Å². The highest BCUT2D eigenvalue weighted by atomic mass is 32.2. The number of carbonyl (C=O) groups excluding carboxylic acids is 1. The van der Waals surface area contributed by atoms with Crippen molar-refractivity contribution in [3.8, 4) is 0 Å². The molecule has 11 nitrogen and oxygen atoms in total. The average molecular weight is 459 g/mol. The molecule has 3 N–H and O–H groups in total. The summed E-state index contributed by atoms with van der Waals surface area (Å²) in [5.74, 6) is 0.125. The van der Waals surface area contributed by atoms with Crippen LogP contribution in [0.2, 0.25) is 0 Å². The first-order chi connectivity index (χ1) is 15.1. The Bertz CT molecular complexity index is 1450. The maximum atomic E-state index is 13.1. The van der Waals surface area contributed by atoms with Crippen molar-refractivity contribution >= 4 is 32.7 Å². The lowest BCUT2D eigenvalue weighted by Crippen LogP contribution is -2.27. The summed E-state index contributed by atoms with van der Waals surface area (Å²) >= 11 is 0. The molecule has 0 radical (unpaired) electrons. The van der Waals surface area contributed by atoms with Crippen molar-refractivity contribution in [2.24, 2.45) is 0 Å². The van der Waals surface area contributed by atoms with Crippen LogP contribution in [-0.2, 0) is 27.9 Å². The average Bonchev–Trinajstić information content (AvgIpc) is 3.41. The minimum atomic E-state index is -3.85. The summed E-state index contributed by atoms with van der Waals surface area (Å²) in [6.45, 7) is 3.10. The molecule has 0 aliphatic heterocycles. The minimum Gasteiger partial charge on any atom is -0.468 e. The van der Waals surface area contributed by atoms with E-state index in [-0.39, 0.29) is 29.6 Å². The third-order valence-corrected chi connectivity index (χ3v) is 7.09. The van der Waals surface area contributed by atoms with Crippen LogP contribution in [0.25, 0.3) is 11.0 Å². The summed E-state index contributed by atoms with van der Waals surface area (Å²) in [4.78, 5) is 29.3. The van der Waals surface area contributed by atoms with E-state index in [2.05, 4.69) is 20.4 Å². The van der Waals surface area contributed by atoms with Gasteiger partial charge < -0.3 is 19.7 Å². The number of carbonyl (C=O) groups is 1. The molecule has 0 spiro atoms. The number of nitrogens with one attached hydrogen (secondary N) is 3. The lowest BCUT2D eigenvalue weighted by atomic mass is 10.2. The molecule has 0 aliphatic carbocycles. The first kappa shape index (κ1) is 21.6. The number of anilines is 1. The Morgan fingerprint density at radius 2 is 1.97 bits per heavy atom. The highest BCUT2D eigenvalue weighted by molar-refractivity contribution is 7.89. The molecule has 0 aliphatic rings. The third kappa shape index (κ3) is 4.09. The van der Waals surface area contributed by atoms with Crippen LogP contribution in [0.3, 0.4) is 0 Å². The summed E-state index contributed by atoms with van der Waals surface area (Å²) in [6, 6.07) is 8.34.